The van der Waals surface area contributed by atoms with Gasteiger partial charge in [-0.1, -0.05) is 12.0 Å². The highest BCUT2D eigenvalue weighted by atomic mass is 35.5. The van der Waals surface area contributed by atoms with Gasteiger partial charge in [-0.05, 0) is 13.3 Å². The van der Waals surface area contributed by atoms with Gasteiger partial charge in [0.25, 0.3) is 0 Å². The third-order valence-electron chi connectivity index (χ3n) is 1.24. The lowest BCUT2D eigenvalue weighted by molar-refractivity contribution is -0.144. The predicted octanol–water partition coefficient (Wildman–Crippen LogP) is 1.74. The van der Waals surface area contributed by atoms with E-state index in [9.17, 15) is 4.79 Å². The topological polar surface area (TPSA) is 26.3 Å². The second-order valence-electron chi connectivity index (χ2n) is 2.47. The summed E-state index contributed by atoms with van der Waals surface area (Å²) in [6, 6.07) is 0. The number of alkyl halides is 1. The lowest BCUT2D eigenvalue weighted by atomic mass is 10.1. The van der Waals surface area contributed by atoms with Crippen molar-refractivity contribution in [1.82, 2.24) is 0 Å². The molecule has 3 heteroatoms. The molecule has 12 heavy (non-hydrogen) atoms. The maximum Gasteiger partial charge on any atom is 0.328 e. The van der Waals surface area contributed by atoms with Crippen LogP contribution in [-0.2, 0) is 9.53 Å². The quantitative estimate of drug-likeness (QED) is 0.289. The molecule has 0 heterocycles. The number of terminal acetylenes is 1. The van der Waals surface area contributed by atoms with E-state index in [1.54, 1.807) is 13.0 Å². The first kappa shape index (κ1) is 11.1. The number of halogens is 1. The number of allylic oxidation sites excluding steroid dienone is 1. The second kappa shape index (κ2) is 4.84. The third-order valence-corrected chi connectivity index (χ3v) is 1.55. The summed E-state index contributed by atoms with van der Waals surface area (Å²) in [5.41, 5.74) is 0. The zero-order valence-electron chi connectivity index (χ0n) is 6.97. The van der Waals surface area contributed by atoms with Gasteiger partial charge in [0, 0.05) is 0 Å². The van der Waals surface area contributed by atoms with Crippen LogP contribution in [0.5, 0.6) is 0 Å². The van der Waals surface area contributed by atoms with Crippen molar-refractivity contribution < 1.29 is 9.53 Å². The Labute approximate surface area is 77.5 Å². The molecular formula is C9H11ClO2. The molecule has 0 amide bonds. The molecule has 0 aliphatic rings. The van der Waals surface area contributed by atoms with Crippen LogP contribution < -0.4 is 0 Å². The molecule has 0 aromatic carbocycles. The van der Waals surface area contributed by atoms with E-state index < -0.39 is 10.8 Å². The van der Waals surface area contributed by atoms with E-state index in [1.165, 1.54) is 0 Å². The molecule has 0 bridgehead atoms. The Morgan fingerprint density at radius 1 is 1.92 bits per heavy atom. The maximum atomic E-state index is 11.1. The molecule has 1 unspecified atom stereocenters. The molecule has 0 aromatic rings. The van der Waals surface area contributed by atoms with Crippen LogP contribution in [0.1, 0.15) is 13.3 Å². The molecule has 0 aliphatic heterocycles. The van der Waals surface area contributed by atoms with E-state index in [1.807, 2.05) is 0 Å². The van der Waals surface area contributed by atoms with E-state index in [2.05, 4.69) is 17.2 Å². The number of carbonyl (C=O) groups excluding carboxylic acids is 1. The fraction of sp³-hybridized carbons (Fsp3) is 0.444. The van der Waals surface area contributed by atoms with Gasteiger partial charge in [0.1, 0.15) is 4.87 Å². The highest BCUT2D eigenvalue weighted by Gasteiger charge is 2.30. The van der Waals surface area contributed by atoms with Gasteiger partial charge in [0.2, 0.25) is 0 Å². The molecule has 0 fully saturated rings. The first-order chi connectivity index (χ1) is 5.54. The van der Waals surface area contributed by atoms with Gasteiger partial charge in [-0.15, -0.1) is 24.6 Å². The van der Waals surface area contributed by atoms with Crippen molar-refractivity contribution in [2.75, 3.05) is 6.61 Å². The third kappa shape index (κ3) is 3.45. The van der Waals surface area contributed by atoms with E-state index in [-0.39, 0.29) is 6.61 Å². The van der Waals surface area contributed by atoms with Gasteiger partial charge < -0.3 is 4.74 Å². The summed E-state index contributed by atoms with van der Waals surface area (Å²) in [6.45, 7) is 5.00. The Kier molecular flexibility index (Phi) is 4.46. The maximum absolute atomic E-state index is 11.1. The van der Waals surface area contributed by atoms with Crippen LogP contribution in [0.3, 0.4) is 0 Å². The lowest BCUT2D eigenvalue weighted by Crippen LogP contribution is -2.30. The zero-order chi connectivity index (χ0) is 9.61. The summed E-state index contributed by atoms with van der Waals surface area (Å²) in [4.78, 5) is 10.1. The molecule has 0 rings (SSSR count). The molecule has 0 aromatic heterocycles. The molecule has 0 aliphatic carbocycles. The molecule has 1 atom stereocenters. The van der Waals surface area contributed by atoms with Crippen molar-refractivity contribution in [3.63, 3.8) is 0 Å². The second-order valence-corrected chi connectivity index (χ2v) is 3.30. The van der Waals surface area contributed by atoms with Gasteiger partial charge in [0.05, 0.1) is 0 Å². The van der Waals surface area contributed by atoms with E-state index in [4.69, 9.17) is 18.0 Å². The smallest absolute Gasteiger partial charge is 0.328 e. The molecule has 0 N–H and O–H groups in total. The van der Waals surface area contributed by atoms with E-state index in [0.29, 0.717) is 6.42 Å². The highest BCUT2D eigenvalue weighted by molar-refractivity contribution is 6.33. The number of esters is 1. The van der Waals surface area contributed by atoms with Crippen molar-refractivity contribution in [2.45, 2.75) is 18.2 Å². The average Bonchev–Trinajstić information content (AvgIpc) is 2.00. The number of carbonyl (C=O) groups is 1. The largest absolute Gasteiger partial charge is 0.451 e. The van der Waals surface area contributed by atoms with Gasteiger partial charge in [-0.2, -0.15) is 0 Å². The first-order valence-corrected chi connectivity index (χ1v) is 3.83. The minimum atomic E-state index is -1.04. The molecule has 0 spiro atoms. The fourth-order valence-corrected chi connectivity index (χ4v) is 0.776. The SMILES string of the molecule is C#CCOC(=O)C(C)(Cl)CC=C. The van der Waals surface area contributed by atoms with Gasteiger partial charge in [-0.3, -0.25) is 4.79 Å². The van der Waals surface area contributed by atoms with Crippen LogP contribution in [0.2, 0.25) is 0 Å². The number of rotatable bonds is 4. The molecule has 0 saturated heterocycles. The summed E-state index contributed by atoms with van der Waals surface area (Å²) >= 11 is 5.81. The van der Waals surface area contributed by atoms with Crippen LogP contribution in [0.25, 0.3) is 0 Å². The van der Waals surface area contributed by atoms with Gasteiger partial charge >= 0.3 is 5.97 Å². The highest BCUT2D eigenvalue weighted by Crippen LogP contribution is 2.20. The van der Waals surface area contributed by atoms with Crippen LogP contribution >= 0.6 is 11.6 Å². The van der Waals surface area contributed by atoms with Crippen molar-refractivity contribution in [3.05, 3.63) is 12.7 Å². The van der Waals surface area contributed by atoms with Crippen molar-refractivity contribution in [3.8, 4) is 12.3 Å². The Morgan fingerprint density at radius 2 is 2.50 bits per heavy atom. The Bertz CT molecular complexity index is 213. The monoisotopic (exact) mass is 186 g/mol. The number of hydrogen-bond acceptors (Lipinski definition) is 2. The Morgan fingerprint density at radius 3 is 2.92 bits per heavy atom. The fourth-order valence-electron chi connectivity index (χ4n) is 0.612. The summed E-state index contributed by atoms with van der Waals surface area (Å²) < 4.78 is 4.65. The average molecular weight is 187 g/mol. The minimum absolute atomic E-state index is 0.0434. The molecule has 0 saturated carbocycles. The summed E-state index contributed by atoms with van der Waals surface area (Å²) in [6.07, 6.45) is 6.82. The van der Waals surface area contributed by atoms with E-state index >= 15 is 0 Å². The van der Waals surface area contributed by atoms with Crippen LogP contribution in [0, 0.1) is 12.3 Å². The zero-order valence-corrected chi connectivity index (χ0v) is 7.73. The van der Waals surface area contributed by atoms with Crippen molar-refractivity contribution in [2.24, 2.45) is 0 Å². The van der Waals surface area contributed by atoms with E-state index in [0.717, 1.165) is 0 Å². The minimum Gasteiger partial charge on any atom is -0.451 e. The standard InChI is InChI=1S/C9H11ClO2/c1-4-6-9(3,10)8(11)12-7-5-2/h2,4H,1,6-7H2,3H3. The number of hydrogen-bond donors (Lipinski definition) is 0. The summed E-state index contributed by atoms with van der Waals surface area (Å²) in [7, 11) is 0. The van der Waals surface area contributed by atoms with Crippen LogP contribution in [0.4, 0.5) is 0 Å². The predicted molar refractivity (Wildman–Crippen MR) is 48.9 cm³/mol. The first-order valence-electron chi connectivity index (χ1n) is 3.45. The van der Waals surface area contributed by atoms with Gasteiger partial charge in [-0.25, -0.2) is 0 Å². The molecule has 66 valence electrons. The molecule has 2 nitrogen and oxygen atoms in total. The summed E-state index contributed by atoms with van der Waals surface area (Å²) in [5, 5.41) is 0. The van der Waals surface area contributed by atoms with Crippen molar-refractivity contribution in [1.29, 1.82) is 0 Å². The Balaban J connectivity index is 4.07. The number of ether oxygens (including phenoxy) is 1. The van der Waals surface area contributed by atoms with Crippen molar-refractivity contribution >= 4 is 17.6 Å². The summed E-state index contributed by atoms with van der Waals surface area (Å²) in [5.74, 6) is 1.67. The lowest BCUT2D eigenvalue weighted by Gasteiger charge is -2.16. The van der Waals surface area contributed by atoms with Crippen LogP contribution in [-0.4, -0.2) is 17.5 Å². The Hall–Kier alpha value is -0.940. The normalized spacial score (nSPS) is 14.1. The molecular weight excluding hydrogens is 176 g/mol. The molecule has 0 radical (unpaired) electrons. The van der Waals surface area contributed by atoms with Gasteiger partial charge in [0.15, 0.2) is 6.61 Å². The van der Waals surface area contributed by atoms with Crippen LogP contribution in [0.15, 0.2) is 12.7 Å².